The maximum Gasteiger partial charge on any atom is 0.303 e. The number of halogens is 1. The molecule has 1 fully saturated rings. The summed E-state index contributed by atoms with van der Waals surface area (Å²) in [6.07, 6.45) is 2.07. The van der Waals surface area contributed by atoms with E-state index in [0.717, 1.165) is 33.6 Å². The summed E-state index contributed by atoms with van der Waals surface area (Å²) in [6.45, 7) is 4.64. The first-order valence-corrected chi connectivity index (χ1v) is 17.1. The summed E-state index contributed by atoms with van der Waals surface area (Å²) in [7, 11) is -6.09. The molecule has 1 aliphatic rings. The van der Waals surface area contributed by atoms with Crippen LogP contribution in [0, 0.1) is 19.7 Å². The molecule has 1 aliphatic heterocycles. The van der Waals surface area contributed by atoms with Gasteiger partial charge in [-0.05, 0) is 84.0 Å². The highest BCUT2D eigenvalue weighted by Gasteiger charge is 2.25. The Balaban J connectivity index is 0.000000892. The van der Waals surface area contributed by atoms with Gasteiger partial charge in [0.2, 0.25) is 0 Å². The number of aryl methyl sites for hydroxylation is 3. The Labute approximate surface area is 247 Å². The minimum Gasteiger partial charge on any atom is -0.490 e. The molecule has 0 spiro atoms. The molecule has 0 amide bonds. The summed E-state index contributed by atoms with van der Waals surface area (Å²) >= 11 is 0. The summed E-state index contributed by atoms with van der Waals surface area (Å²) in [6, 6.07) is 17.1. The summed E-state index contributed by atoms with van der Waals surface area (Å²) in [5.41, 5.74) is 6.50. The normalized spacial score (nSPS) is 15.7. The highest BCUT2D eigenvalue weighted by molar-refractivity contribution is 8.24. The van der Waals surface area contributed by atoms with Crippen LogP contribution in [0.2, 0.25) is 0 Å². The molecule has 0 aliphatic carbocycles. The van der Waals surface area contributed by atoms with Crippen molar-refractivity contribution < 1.29 is 41.1 Å². The molecule has 3 aromatic carbocycles. The van der Waals surface area contributed by atoms with Gasteiger partial charge in [0.15, 0.2) is 0 Å². The van der Waals surface area contributed by atoms with Crippen LogP contribution in [0.4, 0.5) is 10.1 Å². The van der Waals surface area contributed by atoms with Crippen LogP contribution in [0.5, 0.6) is 5.75 Å². The molecule has 0 atom stereocenters. The summed E-state index contributed by atoms with van der Waals surface area (Å²) in [5, 5.41) is 12.1. The summed E-state index contributed by atoms with van der Waals surface area (Å²) in [4.78, 5) is 10.7. The van der Waals surface area contributed by atoms with Gasteiger partial charge >= 0.3 is 5.97 Å². The first kappa shape index (κ1) is 33.3. The highest BCUT2D eigenvalue weighted by Crippen LogP contribution is 2.44. The molecule has 9 nitrogen and oxygen atoms in total. The average Bonchev–Trinajstić information content (AvgIpc) is 2.87. The Morgan fingerprint density at radius 2 is 1.67 bits per heavy atom. The maximum atomic E-state index is 14.4. The van der Waals surface area contributed by atoms with Gasteiger partial charge in [0.05, 0.1) is 6.26 Å². The minimum atomic E-state index is -3.67. The minimum absolute atomic E-state index is 0.00458. The van der Waals surface area contributed by atoms with Gasteiger partial charge in [-0.3, -0.25) is 18.5 Å². The first-order chi connectivity index (χ1) is 19.6. The van der Waals surface area contributed by atoms with Gasteiger partial charge in [-0.25, -0.2) is 4.39 Å². The van der Waals surface area contributed by atoms with Gasteiger partial charge in [-0.15, -0.1) is 0 Å². The van der Waals surface area contributed by atoms with E-state index < -0.39 is 32.5 Å². The van der Waals surface area contributed by atoms with Crippen molar-refractivity contribution in [1.29, 1.82) is 0 Å². The van der Waals surface area contributed by atoms with Crippen molar-refractivity contribution in [2.45, 2.75) is 52.2 Å². The molecule has 230 valence electrons. The van der Waals surface area contributed by atoms with Gasteiger partial charge in [-0.2, -0.15) is 19.0 Å². The van der Waals surface area contributed by atoms with Gasteiger partial charge in [-0.1, -0.05) is 24.3 Å². The van der Waals surface area contributed by atoms with Crippen LogP contribution in [-0.2, 0) is 27.9 Å². The van der Waals surface area contributed by atoms with Crippen molar-refractivity contribution >= 4 is 32.4 Å². The van der Waals surface area contributed by atoms with E-state index in [2.05, 4.69) is 31.3 Å². The van der Waals surface area contributed by atoms with E-state index >= 15 is 0 Å². The second kappa shape index (κ2) is 14.3. The van der Waals surface area contributed by atoms with Crippen molar-refractivity contribution in [3.05, 3.63) is 82.7 Å². The number of rotatable bonds is 9. The summed E-state index contributed by atoms with van der Waals surface area (Å²) < 4.78 is 66.1. The Morgan fingerprint density at radius 3 is 2.24 bits per heavy atom. The predicted molar refractivity (Wildman–Crippen MR) is 165 cm³/mol. The molecule has 4 rings (SSSR count). The Kier molecular flexibility index (Phi) is 11.4. The van der Waals surface area contributed by atoms with E-state index in [1.807, 2.05) is 24.3 Å². The van der Waals surface area contributed by atoms with Crippen LogP contribution in [0.3, 0.4) is 0 Å². The third-order valence-electron chi connectivity index (χ3n) is 6.72. The van der Waals surface area contributed by atoms with E-state index in [-0.39, 0.29) is 18.9 Å². The standard InChI is InChI=1S/C29H34FNO5S.CH4O3S/c1-19-14-26(36-25-10-12-37(34,35)13-11-25)15-20(2)29(19)23-5-3-4-21(16-23)18-31-24-8-6-22(27(30)17-24)7-9-28(32)33;1-5(2,3)4/h3-6,8,14-17,25,31,34-35H,7,9-13,18H2,1-2H3,(H,32,33);1H3,(H,2,3,4). The quantitative estimate of drug-likeness (QED) is 0.167. The Hall–Kier alpha value is -3.16. The van der Waals surface area contributed by atoms with Crippen LogP contribution in [-0.4, -0.2) is 57.0 Å². The van der Waals surface area contributed by atoms with E-state index in [9.17, 15) is 26.7 Å². The molecule has 1 heterocycles. The molecule has 0 bridgehead atoms. The van der Waals surface area contributed by atoms with Crippen molar-refractivity contribution in [3.8, 4) is 16.9 Å². The van der Waals surface area contributed by atoms with Gasteiger partial charge in [0.1, 0.15) is 17.7 Å². The number of anilines is 1. The van der Waals surface area contributed by atoms with Crippen molar-refractivity contribution in [2.75, 3.05) is 23.1 Å². The van der Waals surface area contributed by atoms with Crippen LogP contribution in [0.1, 0.15) is 41.5 Å². The third kappa shape index (κ3) is 10.9. The number of carboxylic acid groups (broad SMARTS) is 1. The lowest BCUT2D eigenvalue weighted by Crippen LogP contribution is -2.28. The van der Waals surface area contributed by atoms with Crippen molar-refractivity contribution in [3.63, 3.8) is 0 Å². The van der Waals surface area contributed by atoms with Crippen LogP contribution in [0.15, 0.2) is 54.6 Å². The highest BCUT2D eigenvalue weighted by atomic mass is 32.3. The smallest absolute Gasteiger partial charge is 0.303 e. The molecule has 12 heteroatoms. The fraction of sp³-hybridized carbons (Fsp3) is 0.367. The number of carbonyl (C=O) groups is 1. The number of nitrogens with one attached hydrogen (secondary N) is 1. The van der Waals surface area contributed by atoms with Crippen LogP contribution >= 0.6 is 10.6 Å². The number of hydrogen-bond acceptors (Lipinski definition) is 7. The number of aliphatic carboxylic acids is 1. The van der Waals surface area contributed by atoms with E-state index in [1.165, 1.54) is 6.07 Å². The molecule has 3 aromatic rings. The topological polar surface area (TPSA) is 153 Å². The lowest BCUT2D eigenvalue weighted by Gasteiger charge is -2.39. The van der Waals surface area contributed by atoms with Crippen molar-refractivity contribution in [1.82, 2.24) is 0 Å². The second-order valence-electron chi connectivity index (χ2n) is 10.4. The van der Waals surface area contributed by atoms with Crippen molar-refractivity contribution in [2.24, 2.45) is 0 Å². The maximum absolute atomic E-state index is 14.4. The van der Waals surface area contributed by atoms with E-state index in [4.69, 9.17) is 14.4 Å². The molecule has 0 unspecified atom stereocenters. The molecule has 0 radical (unpaired) electrons. The van der Waals surface area contributed by atoms with Crippen LogP contribution < -0.4 is 10.1 Å². The molecular weight excluding hydrogens is 585 g/mol. The fourth-order valence-electron chi connectivity index (χ4n) is 4.79. The Morgan fingerprint density at radius 1 is 1.05 bits per heavy atom. The molecule has 0 saturated carbocycles. The first-order valence-electron chi connectivity index (χ1n) is 13.4. The molecule has 1 saturated heterocycles. The molecular formula is C30H38FNO8S2. The SMILES string of the molecule is CS(=O)(=O)O.Cc1cc(OC2CCS(O)(O)CC2)cc(C)c1-c1cccc(CNc2ccc(CCC(=O)O)c(F)c2)c1. The average molecular weight is 624 g/mol. The van der Waals surface area contributed by atoms with E-state index in [1.54, 1.807) is 12.1 Å². The number of carboxylic acids is 1. The lowest BCUT2D eigenvalue weighted by atomic mass is 9.94. The predicted octanol–water partition coefficient (Wildman–Crippen LogP) is 6.53. The number of ether oxygens (including phenoxy) is 1. The molecule has 42 heavy (non-hydrogen) atoms. The zero-order valence-corrected chi connectivity index (χ0v) is 25.5. The number of hydrogen-bond donors (Lipinski definition) is 5. The fourth-order valence-corrected chi connectivity index (χ4v) is 6.27. The Bertz CT molecular complexity index is 1470. The largest absolute Gasteiger partial charge is 0.490 e. The van der Waals surface area contributed by atoms with Gasteiger partial charge in [0.25, 0.3) is 10.1 Å². The van der Waals surface area contributed by atoms with E-state index in [0.29, 0.717) is 48.4 Å². The summed E-state index contributed by atoms with van der Waals surface area (Å²) in [5.74, 6) is 0.246. The molecule has 0 aromatic heterocycles. The van der Waals surface area contributed by atoms with Gasteiger partial charge < -0.3 is 15.2 Å². The zero-order chi connectivity index (χ0) is 31.1. The third-order valence-corrected chi connectivity index (χ3v) is 8.50. The molecule has 5 N–H and O–H groups in total. The zero-order valence-electron chi connectivity index (χ0n) is 23.8. The second-order valence-corrected chi connectivity index (χ2v) is 14.3. The number of benzene rings is 3. The monoisotopic (exact) mass is 623 g/mol. The van der Waals surface area contributed by atoms with Crippen LogP contribution in [0.25, 0.3) is 11.1 Å². The lowest BCUT2D eigenvalue weighted by molar-refractivity contribution is -0.136. The van der Waals surface area contributed by atoms with Gasteiger partial charge in [0, 0.05) is 43.0 Å².